The standard InChI is InChI=1S/C29H24FN7O3S/c1-40-23-15-13-22(14-16-23)37-33-25(29(39)35-17-5-6-18-35)28(41-37)31-27(38)24-26(19-7-3-2-4-8-19)36(34-32-24)21-11-9-20(30)10-12-21/h2-4,7-16H,5-6,17-18H2,1H3. The molecule has 1 aliphatic heterocycles. The topological polar surface area (TPSA) is 108 Å². The maximum absolute atomic E-state index is 13.7. The quantitative estimate of drug-likeness (QED) is 0.302. The van der Waals surface area contributed by atoms with Crippen molar-refractivity contribution in [3.8, 4) is 28.4 Å². The van der Waals surface area contributed by atoms with Crippen LogP contribution in [0.15, 0.2) is 83.9 Å². The second-order valence-electron chi connectivity index (χ2n) is 9.27. The lowest BCUT2D eigenvalue weighted by Gasteiger charge is -2.12. The Hall–Kier alpha value is -4.97. The van der Waals surface area contributed by atoms with Crippen molar-refractivity contribution in [2.24, 2.45) is 4.99 Å². The van der Waals surface area contributed by atoms with Gasteiger partial charge in [-0.3, -0.25) is 9.59 Å². The van der Waals surface area contributed by atoms with Crippen molar-refractivity contribution in [2.45, 2.75) is 12.8 Å². The van der Waals surface area contributed by atoms with Crippen LogP contribution in [0.4, 0.5) is 4.39 Å². The van der Waals surface area contributed by atoms with Crippen LogP contribution in [-0.2, 0) is 0 Å². The fourth-order valence-electron chi connectivity index (χ4n) is 4.57. The van der Waals surface area contributed by atoms with Gasteiger partial charge in [0.05, 0.1) is 18.5 Å². The number of likely N-dealkylation sites (tertiary alicyclic amines) is 1. The molecule has 206 valence electrons. The third-order valence-corrected chi connectivity index (χ3v) is 7.57. The molecule has 1 aliphatic rings. The van der Waals surface area contributed by atoms with E-state index in [9.17, 15) is 14.0 Å². The second-order valence-corrected chi connectivity index (χ2v) is 10.2. The maximum atomic E-state index is 13.7. The van der Waals surface area contributed by atoms with Gasteiger partial charge in [0, 0.05) is 18.7 Å². The fraction of sp³-hybridized carbons (Fsp3) is 0.172. The molecule has 0 saturated carbocycles. The van der Waals surface area contributed by atoms with Crippen molar-refractivity contribution in [2.75, 3.05) is 20.2 Å². The van der Waals surface area contributed by atoms with E-state index in [1.165, 1.54) is 16.8 Å². The van der Waals surface area contributed by atoms with Gasteiger partial charge in [0.2, 0.25) is 0 Å². The zero-order valence-corrected chi connectivity index (χ0v) is 22.8. The molecule has 3 heterocycles. The van der Waals surface area contributed by atoms with Crippen LogP contribution in [0.3, 0.4) is 0 Å². The number of carbonyl (C=O) groups is 2. The van der Waals surface area contributed by atoms with Gasteiger partial charge in [-0.2, -0.15) is 9.06 Å². The summed E-state index contributed by atoms with van der Waals surface area (Å²) in [4.78, 5) is 33.2. The minimum absolute atomic E-state index is 0.00973. The van der Waals surface area contributed by atoms with Crippen LogP contribution in [0.5, 0.6) is 5.75 Å². The number of aromatic nitrogens is 5. The summed E-state index contributed by atoms with van der Waals surface area (Å²) in [5.74, 6) is -0.682. The summed E-state index contributed by atoms with van der Waals surface area (Å²) < 4.78 is 22.1. The minimum atomic E-state index is -0.682. The lowest BCUT2D eigenvalue weighted by molar-refractivity contribution is 0.0785. The Morgan fingerprint density at radius 1 is 0.902 bits per heavy atom. The van der Waals surface area contributed by atoms with Crippen molar-refractivity contribution in [1.29, 1.82) is 0 Å². The SMILES string of the molecule is COc1ccc(-n2nc(C(=O)N3CCCC3)c(=NC(=O)c3nnn(-c4ccc(F)cc4)c3-c3ccccc3)s2)cc1. The van der Waals surface area contributed by atoms with Crippen molar-refractivity contribution in [1.82, 2.24) is 29.1 Å². The summed E-state index contributed by atoms with van der Waals surface area (Å²) in [6.45, 7) is 1.24. The Morgan fingerprint density at radius 2 is 1.59 bits per heavy atom. The van der Waals surface area contributed by atoms with Crippen molar-refractivity contribution in [3.63, 3.8) is 0 Å². The molecule has 0 aliphatic carbocycles. The molecule has 0 bridgehead atoms. The molecule has 2 amide bonds. The highest BCUT2D eigenvalue weighted by Crippen LogP contribution is 2.26. The highest BCUT2D eigenvalue weighted by atomic mass is 32.1. The fourth-order valence-corrected chi connectivity index (χ4v) is 5.42. The summed E-state index contributed by atoms with van der Waals surface area (Å²) in [6.07, 6.45) is 1.82. The first-order valence-electron chi connectivity index (χ1n) is 12.9. The molecule has 12 heteroatoms. The molecule has 3 aromatic carbocycles. The molecule has 0 N–H and O–H groups in total. The molecule has 0 spiro atoms. The summed E-state index contributed by atoms with van der Waals surface area (Å²) in [6, 6.07) is 22.1. The number of benzene rings is 3. The Bertz CT molecular complexity index is 1770. The van der Waals surface area contributed by atoms with Crippen molar-refractivity contribution < 1.29 is 18.7 Å². The lowest BCUT2D eigenvalue weighted by Crippen LogP contribution is -2.31. The maximum Gasteiger partial charge on any atom is 0.301 e. The van der Waals surface area contributed by atoms with Gasteiger partial charge in [-0.25, -0.2) is 9.07 Å². The summed E-state index contributed by atoms with van der Waals surface area (Å²) in [5.41, 5.74) is 2.36. The van der Waals surface area contributed by atoms with Gasteiger partial charge in [0.25, 0.3) is 5.91 Å². The predicted molar refractivity (Wildman–Crippen MR) is 150 cm³/mol. The van der Waals surface area contributed by atoms with Gasteiger partial charge in [0.15, 0.2) is 16.1 Å². The van der Waals surface area contributed by atoms with Gasteiger partial charge >= 0.3 is 5.91 Å². The van der Waals surface area contributed by atoms with Crippen LogP contribution in [0.25, 0.3) is 22.6 Å². The van der Waals surface area contributed by atoms with Crippen molar-refractivity contribution in [3.05, 3.63) is 101 Å². The third kappa shape index (κ3) is 5.29. The van der Waals surface area contributed by atoms with Crippen LogP contribution in [0.2, 0.25) is 0 Å². The smallest absolute Gasteiger partial charge is 0.301 e. The van der Waals surface area contributed by atoms with Gasteiger partial charge < -0.3 is 9.64 Å². The Kier molecular flexibility index (Phi) is 7.21. The monoisotopic (exact) mass is 569 g/mol. The number of rotatable bonds is 6. The molecule has 6 rings (SSSR count). The molecule has 41 heavy (non-hydrogen) atoms. The minimum Gasteiger partial charge on any atom is -0.497 e. The summed E-state index contributed by atoms with van der Waals surface area (Å²) in [7, 11) is 1.58. The largest absolute Gasteiger partial charge is 0.497 e. The van der Waals surface area contributed by atoms with E-state index in [-0.39, 0.29) is 22.0 Å². The molecule has 5 aromatic rings. The first kappa shape index (κ1) is 26.3. The number of carbonyl (C=O) groups excluding carboxylic acids is 2. The average Bonchev–Trinajstić information content (AvgIpc) is 3.78. The van der Waals surface area contributed by atoms with Crippen LogP contribution < -0.4 is 9.41 Å². The van der Waals surface area contributed by atoms with E-state index in [0.717, 1.165) is 24.4 Å². The average molecular weight is 570 g/mol. The molecule has 0 radical (unpaired) electrons. The first-order chi connectivity index (χ1) is 20.0. The second kappa shape index (κ2) is 11.3. The van der Waals surface area contributed by atoms with Crippen LogP contribution in [-0.4, -0.2) is 61.1 Å². The van der Waals surface area contributed by atoms with Gasteiger partial charge in [0.1, 0.15) is 17.3 Å². The first-order valence-corrected chi connectivity index (χ1v) is 13.7. The highest BCUT2D eigenvalue weighted by Gasteiger charge is 2.27. The third-order valence-electron chi connectivity index (χ3n) is 6.65. The number of methoxy groups -OCH3 is 1. The number of nitrogens with zero attached hydrogens (tertiary/aromatic N) is 7. The predicted octanol–water partition coefficient (Wildman–Crippen LogP) is 4.31. The van der Waals surface area contributed by atoms with Gasteiger partial charge in [-0.05, 0) is 72.9 Å². The highest BCUT2D eigenvalue weighted by molar-refractivity contribution is 7.04. The van der Waals surface area contributed by atoms with Crippen LogP contribution >= 0.6 is 11.5 Å². The lowest BCUT2D eigenvalue weighted by atomic mass is 10.1. The van der Waals surface area contributed by atoms with E-state index in [1.54, 1.807) is 52.5 Å². The van der Waals surface area contributed by atoms with E-state index in [2.05, 4.69) is 20.4 Å². The molecule has 2 aromatic heterocycles. The van der Waals surface area contributed by atoms with E-state index < -0.39 is 11.7 Å². The van der Waals surface area contributed by atoms with E-state index in [1.807, 2.05) is 30.3 Å². The molecule has 1 fully saturated rings. The zero-order chi connectivity index (χ0) is 28.3. The van der Waals surface area contributed by atoms with Gasteiger partial charge in [-0.1, -0.05) is 35.5 Å². The number of halogens is 1. The molecule has 0 atom stereocenters. The molecular weight excluding hydrogens is 545 g/mol. The summed E-state index contributed by atoms with van der Waals surface area (Å²) in [5, 5.41) is 12.9. The van der Waals surface area contributed by atoms with E-state index in [4.69, 9.17) is 4.74 Å². The Labute approximate surface area is 238 Å². The Morgan fingerprint density at radius 3 is 2.27 bits per heavy atom. The van der Waals surface area contributed by atoms with Crippen LogP contribution in [0, 0.1) is 5.82 Å². The molecular formula is C29H24FN7O3S. The number of amides is 2. The van der Waals surface area contributed by atoms with Gasteiger partial charge in [-0.15, -0.1) is 10.2 Å². The number of ether oxygens (including phenoxy) is 1. The zero-order valence-electron chi connectivity index (χ0n) is 22.0. The van der Waals surface area contributed by atoms with E-state index in [0.29, 0.717) is 41.5 Å². The van der Waals surface area contributed by atoms with Crippen molar-refractivity contribution >= 4 is 23.3 Å². The van der Waals surface area contributed by atoms with Crippen LogP contribution in [0.1, 0.15) is 33.8 Å². The van der Waals surface area contributed by atoms with E-state index >= 15 is 0 Å². The normalized spacial score (nSPS) is 13.5. The molecule has 10 nitrogen and oxygen atoms in total. The molecule has 0 unspecified atom stereocenters. The molecule has 1 saturated heterocycles. The Balaban J connectivity index is 1.47. The summed E-state index contributed by atoms with van der Waals surface area (Å²) >= 11 is 1.08. The number of hydrogen-bond donors (Lipinski definition) is 0. The number of hydrogen-bond acceptors (Lipinski definition) is 7.